The van der Waals surface area contributed by atoms with Crippen LogP contribution in [0.2, 0.25) is 0 Å². The van der Waals surface area contributed by atoms with Gasteiger partial charge in [-0.05, 0) is 12.1 Å². The summed E-state index contributed by atoms with van der Waals surface area (Å²) in [6.07, 6.45) is 0.491. The Balaban J connectivity index is 1.71. The van der Waals surface area contributed by atoms with Crippen molar-refractivity contribution in [3.63, 3.8) is 0 Å². The molecule has 0 unspecified atom stereocenters. The van der Waals surface area contributed by atoms with Crippen LogP contribution in [0.1, 0.15) is 13.3 Å². The number of anilines is 2. The molecule has 1 amide bonds. The van der Waals surface area contributed by atoms with Crippen LogP contribution in [0.5, 0.6) is 0 Å². The number of amides is 1. The Labute approximate surface area is 138 Å². The van der Waals surface area contributed by atoms with Crippen LogP contribution in [0.25, 0.3) is 11.3 Å². The van der Waals surface area contributed by atoms with Gasteiger partial charge < -0.3 is 10.2 Å². The Morgan fingerprint density at radius 2 is 2.00 bits per heavy atom. The molecule has 2 heterocycles. The van der Waals surface area contributed by atoms with Crippen molar-refractivity contribution in [1.29, 1.82) is 0 Å². The lowest BCUT2D eigenvalue weighted by molar-refractivity contribution is -0.115. The van der Waals surface area contributed by atoms with Gasteiger partial charge in [0.15, 0.2) is 5.13 Å². The van der Waals surface area contributed by atoms with E-state index in [0.717, 1.165) is 35.2 Å². The first-order valence-electron chi connectivity index (χ1n) is 7.45. The van der Waals surface area contributed by atoms with Gasteiger partial charge >= 0.3 is 0 Å². The number of carbonyl (C=O) groups excluding carboxylic acids is 1. The Bertz CT molecular complexity index is 633. The van der Waals surface area contributed by atoms with E-state index in [1.807, 2.05) is 43.0 Å². The number of hydrogen-bond donors (Lipinski definition) is 1. The Kier molecular flexibility index (Phi) is 5.00. The normalized spacial score (nSPS) is 14.9. The molecular formula is C16H19N3OS2. The molecule has 6 heteroatoms. The Hall–Kier alpha value is -1.53. The summed E-state index contributed by atoms with van der Waals surface area (Å²) in [7, 11) is 0. The topological polar surface area (TPSA) is 45.2 Å². The monoisotopic (exact) mass is 333 g/mol. The zero-order chi connectivity index (χ0) is 15.4. The highest BCUT2D eigenvalue weighted by Gasteiger charge is 2.15. The van der Waals surface area contributed by atoms with Gasteiger partial charge in [0.2, 0.25) is 5.91 Å². The maximum atomic E-state index is 11.4. The standard InChI is InChI=1S/C16H19N3OS2/c1-2-15(20)17-13-5-3-12(4-6-13)14-11-22-16(18-14)19-7-9-21-10-8-19/h3-6,11H,2,7-10H2,1H3,(H,17,20). The highest BCUT2D eigenvalue weighted by atomic mass is 32.2. The summed E-state index contributed by atoms with van der Waals surface area (Å²) in [5.74, 6) is 2.40. The molecule has 1 aliphatic heterocycles. The van der Waals surface area contributed by atoms with E-state index in [-0.39, 0.29) is 5.91 Å². The van der Waals surface area contributed by atoms with E-state index in [2.05, 4.69) is 15.6 Å². The minimum Gasteiger partial charge on any atom is -0.346 e. The van der Waals surface area contributed by atoms with Crippen molar-refractivity contribution in [1.82, 2.24) is 4.98 Å². The average molecular weight is 333 g/mol. The van der Waals surface area contributed by atoms with Crippen molar-refractivity contribution < 1.29 is 4.79 Å². The van der Waals surface area contributed by atoms with Crippen LogP contribution in [-0.4, -0.2) is 35.5 Å². The third-order valence-corrected chi connectivity index (χ3v) is 5.40. The Morgan fingerprint density at radius 3 is 2.68 bits per heavy atom. The predicted octanol–water partition coefficient (Wildman–Crippen LogP) is 3.71. The van der Waals surface area contributed by atoms with Gasteiger partial charge in [-0.15, -0.1) is 11.3 Å². The van der Waals surface area contributed by atoms with Crippen LogP contribution in [0.4, 0.5) is 10.8 Å². The smallest absolute Gasteiger partial charge is 0.224 e. The SMILES string of the molecule is CCC(=O)Nc1ccc(-c2csc(N3CCSCC3)n2)cc1. The van der Waals surface area contributed by atoms with Gasteiger partial charge in [0.05, 0.1) is 5.69 Å². The summed E-state index contributed by atoms with van der Waals surface area (Å²) in [5, 5.41) is 6.08. The van der Waals surface area contributed by atoms with Crippen molar-refractivity contribution in [2.24, 2.45) is 0 Å². The van der Waals surface area contributed by atoms with Gasteiger partial charge in [-0.3, -0.25) is 4.79 Å². The molecule has 116 valence electrons. The lowest BCUT2D eigenvalue weighted by atomic mass is 10.1. The van der Waals surface area contributed by atoms with Gasteiger partial charge in [0.1, 0.15) is 0 Å². The average Bonchev–Trinajstić information content (AvgIpc) is 3.06. The lowest BCUT2D eigenvalue weighted by Gasteiger charge is -2.25. The van der Waals surface area contributed by atoms with Crippen LogP contribution in [0.15, 0.2) is 29.6 Å². The maximum absolute atomic E-state index is 11.4. The van der Waals surface area contributed by atoms with Crippen LogP contribution in [-0.2, 0) is 4.79 Å². The number of thiazole rings is 1. The van der Waals surface area contributed by atoms with E-state index >= 15 is 0 Å². The largest absolute Gasteiger partial charge is 0.346 e. The van der Waals surface area contributed by atoms with Crippen LogP contribution in [0.3, 0.4) is 0 Å². The molecule has 0 bridgehead atoms. The molecule has 1 aromatic carbocycles. The van der Waals surface area contributed by atoms with Gasteiger partial charge in [-0.25, -0.2) is 4.98 Å². The van der Waals surface area contributed by atoms with Crippen molar-refractivity contribution in [2.45, 2.75) is 13.3 Å². The first-order valence-corrected chi connectivity index (χ1v) is 9.48. The maximum Gasteiger partial charge on any atom is 0.224 e. The number of nitrogens with zero attached hydrogens (tertiary/aromatic N) is 2. The van der Waals surface area contributed by atoms with Crippen LogP contribution in [0, 0.1) is 0 Å². The van der Waals surface area contributed by atoms with E-state index < -0.39 is 0 Å². The zero-order valence-electron chi connectivity index (χ0n) is 12.5. The highest BCUT2D eigenvalue weighted by molar-refractivity contribution is 7.99. The molecule has 1 N–H and O–H groups in total. The third kappa shape index (κ3) is 3.62. The fourth-order valence-electron chi connectivity index (χ4n) is 2.27. The Morgan fingerprint density at radius 1 is 1.27 bits per heavy atom. The lowest BCUT2D eigenvalue weighted by Crippen LogP contribution is -2.32. The highest BCUT2D eigenvalue weighted by Crippen LogP contribution is 2.29. The van der Waals surface area contributed by atoms with E-state index in [4.69, 9.17) is 4.98 Å². The molecular weight excluding hydrogens is 314 g/mol. The quantitative estimate of drug-likeness (QED) is 0.926. The van der Waals surface area contributed by atoms with Crippen molar-refractivity contribution in [3.8, 4) is 11.3 Å². The summed E-state index contributed by atoms with van der Waals surface area (Å²) in [6.45, 7) is 4.01. The molecule has 0 aliphatic carbocycles. The fourth-order valence-corrected chi connectivity index (χ4v) is 4.06. The molecule has 2 aromatic rings. The molecule has 1 aliphatic rings. The molecule has 1 aromatic heterocycles. The number of nitrogens with one attached hydrogen (secondary N) is 1. The van der Waals surface area contributed by atoms with Crippen LogP contribution >= 0.6 is 23.1 Å². The number of rotatable bonds is 4. The minimum atomic E-state index is 0.0339. The molecule has 3 rings (SSSR count). The molecule has 22 heavy (non-hydrogen) atoms. The third-order valence-electron chi connectivity index (χ3n) is 3.56. The molecule has 0 radical (unpaired) electrons. The van der Waals surface area contributed by atoms with Crippen LogP contribution < -0.4 is 10.2 Å². The number of carbonyl (C=O) groups is 1. The number of benzene rings is 1. The van der Waals surface area contributed by atoms with Gasteiger partial charge in [-0.2, -0.15) is 11.8 Å². The van der Waals surface area contributed by atoms with E-state index in [1.54, 1.807) is 11.3 Å². The number of thioether (sulfide) groups is 1. The van der Waals surface area contributed by atoms with Gasteiger partial charge in [0, 0.05) is 47.6 Å². The number of hydrogen-bond acceptors (Lipinski definition) is 5. The second-order valence-corrected chi connectivity index (χ2v) is 7.16. The van der Waals surface area contributed by atoms with E-state index in [0.29, 0.717) is 6.42 Å². The minimum absolute atomic E-state index is 0.0339. The summed E-state index contributed by atoms with van der Waals surface area (Å²) in [5.41, 5.74) is 2.93. The van der Waals surface area contributed by atoms with Crippen molar-refractivity contribution in [3.05, 3.63) is 29.6 Å². The summed E-state index contributed by atoms with van der Waals surface area (Å²) in [6, 6.07) is 7.88. The summed E-state index contributed by atoms with van der Waals surface area (Å²) in [4.78, 5) is 18.5. The second-order valence-electron chi connectivity index (χ2n) is 5.09. The summed E-state index contributed by atoms with van der Waals surface area (Å²) < 4.78 is 0. The van der Waals surface area contributed by atoms with E-state index in [1.165, 1.54) is 11.5 Å². The first-order chi connectivity index (χ1) is 10.8. The fraction of sp³-hybridized carbons (Fsp3) is 0.375. The molecule has 0 atom stereocenters. The molecule has 1 fully saturated rings. The summed E-state index contributed by atoms with van der Waals surface area (Å²) >= 11 is 3.71. The molecule has 1 saturated heterocycles. The second kappa shape index (κ2) is 7.15. The first kappa shape index (κ1) is 15.4. The van der Waals surface area contributed by atoms with E-state index in [9.17, 15) is 4.79 Å². The molecule has 0 saturated carbocycles. The number of aromatic nitrogens is 1. The van der Waals surface area contributed by atoms with Crippen molar-refractivity contribution in [2.75, 3.05) is 34.8 Å². The molecule has 4 nitrogen and oxygen atoms in total. The predicted molar refractivity (Wildman–Crippen MR) is 96.0 cm³/mol. The van der Waals surface area contributed by atoms with Gasteiger partial charge in [0.25, 0.3) is 0 Å². The van der Waals surface area contributed by atoms with Gasteiger partial charge in [-0.1, -0.05) is 19.1 Å². The molecule has 0 spiro atoms. The van der Waals surface area contributed by atoms with Crippen molar-refractivity contribution >= 4 is 39.8 Å². The zero-order valence-corrected chi connectivity index (χ0v) is 14.2.